The number of carbonyl (C=O) groups is 1. The van der Waals surface area contributed by atoms with E-state index in [1.54, 1.807) is 6.20 Å². The molecule has 5 heteroatoms. The van der Waals surface area contributed by atoms with Crippen molar-refractivity contribution in [3.05, 3.63) is 22.3 Å². The Morgan fingerprint density at radius 3 is 2.65 bits per heavy atom. The van der Waals surface area contributed by atoms with Crippen molar-refractivity contribution < 1.29 is 9.53 Å². The second-order valence-electron chi connectivity index (χ2n) is 4.21. The van der Waals surface area contributed by atoms with Crippen LogP contribution in [-0.2, 0) is 9.53 Å². The zero-order valence-electron chi connectivity index (χ0n) is 10.5. The van der Waals surface area contributed by atoms with E-state index in [0.29, 0.717) is 5.82 Å². The van der Waals surface area contributed by atoms with Gasteiger partial charge in [0.1, 0.15) is 11.9 Å². The van der Waals surface area contributed by atoms with Gasteiger partial charge in [-0.2, -0.15) is 0 Å². The van der Waals surface area contributed by atoms with Gasteiger partial charge in [-0.1, -0.05) is 13.8 Å². The van der Waals surface area contributed by atoms with E-state index in [4.69, 9.17) is 4.74 Å². The van der Waals surface area contributed by atoms with Gasteiger partial charge in [-0.15, -0.1) is 0 Å². The quantitative estimate of drug-likeness (QED) is 0.869. The maximum Gasteiger partial charge on any atom is 0.328 e. The molecule has 0 fully saturated rings. The number of anilines is 1. The molecular weight excluding hydrogens is 284 g/mol. The molecule has 0 radical (unpaired) electrons. The van der Waals surface area contributed by atoms with Crippen LogP contribution >= 0.6 is 15.9 Å². The minimum absolute atomic E-state index is 0.133. The third-order valence-corrected chi connectivity index (χ3v) is 3.30. The van der Waals surface area contributed by atoms with Gasteiger partial charge in [-0.25, -0.2) is 9.78 Å². The van der Waals surface area contributed by atoms with E-state index in [-0.39, 0.29) is 17.9 Å². The average Bonchev–Trinajstić information content (AvgIpc) is 2.29. The van der Waals surface area contributed by atoms with Crippen LogP contribution in [0.2, 0.25) is 0 Å². The number of hydrogen-bond acceptors (Lipinski definition) is 4. The summed E-state index contributed by atoms with van der Waals surface area (Å²) >= 11 is 3.39. The standard InChI is InChI=1S/C12H17BrN2O2/c1-7(2)11(12(16)17-4)15-10-5-8(3)9(13)6-14-10/h5-7,11H,1-4H3,(H,14,15). The van der Waals surface area contributed by atoms with Gasteiger partial charge < -0.3 is 10.1 Å². The predicted octanol–water partition coefficient (Wildman–Crippen LogP) is 2.76. The third-order valence-electron chi connectivity index (χ3n) is 2.47. The lowest BCUT2D eigenvalue weighted by molar-refractivity contribution is -0.142. The topological polar surface area (TPSA) is 51.2 Å². The van der Waals surface area contributed by atoms with Crippen molar-refractivity contribution in [1.82, 2.24) is 4.98 Å². The zero-order valence-corrected chi connectivity index (χ0v) is 12.0. The van der Waals surface area contributed by atoms with Crippen molar-refractivity contribution in [2.24, 2.45) is 5.92 Å². The Hall–Kier alpha value is -1.10. The van der Waals surface area contributed by atoms with Crippen molar-refractivity contribution in [3.8, 4) is 0 Å². The molecule has 0 aliphatic rings. The highest BCUT2D eigenvalue weighted by Gasteiger charge is 2.23. The highest BCUT2D eigenvalue weighted by molar-refractivity contribution is 9.10. The van der Waals surface area contributed by atoms with Crippen molar-refractivity contribution in [1.29, 1.82) is 0 Å². The van der Waals surface area contributed by atoms with E-state index >= 15 is 0 Å². The molecule has 0 saturated carbocycles. The first-order valence-corrected chi connectivity index (χ1v) is 6.21. The summed E-state index contributed by atoms with van der Waals surface area (Å²) in [6.07, 6.45) is 1.71. The van der Waals surface area contributed by atoms with Crippen molar-refractivity contribution in [2.75, 3.05) is 12.4 Å². The van der Waals surface area contributed by atoms with E-state index in [1.165, 1.54) is 7.11 Å². The highest BCUT2D eigenvalue weighted by atomic mass is 79.9. The number of carbonyl (C=O) groups excluding carboxylic acids is 1. The fourth-order valence-electron chi connectivity index (χ4n) is 1.40. The number of hydrogen-bond donors (Lipinski definition) is 1. The Balaban J connectivity index is 2.86. The molecule has 1 N–H and O–H groups in total. The zero-order chi connectivity index (χ0) is 13.0. The van der Waals surface area contributed by atoms with E-state index in [9.17, 15) is 4.79 Å². The van der Waals surface area contributed by atoms with E-state index in [1.807, 2.05) is 26.8 Å². The molecule has 1 heterocycles. The summed E-state index contributed by atoms with van der Waals surface area (Å²) in [5.74, 6) is 0.533. The molecule has 94 valence electrons. The normalized spacial score (nSPS) is 12.4. The molecule has 1 rings (SSSR count). The lowest BCUT2D eigenvalue weighted by atomic mass is 10.0. The second kappa shape index (κ2) is 6.00. The van der Waals surface area contributed by atoms with Gasteiger partial charge in [0, 0.05) is 10.7 Å². The fraction of sp³-hybridized carbons (Fsp3) is 0.500. The highest BCUT2D eigenvalue weighted by Crippen LogP contribution is 2.19. The first-order chi connectivity index (χ1) is 7.95. The molecule has 1 aromatic rings. The van der Waals surface area contributed by atoms with E-state index in [2.05, 4.69) is 26.2 Å². The summed E-state index contributed by atoms with van der Waals surface area (Å²) in [4.78, 5) is 15.8. The molecule has 1 atom stereocenters. The van der Waals surface area contributed by atoms with Crippen LogP contribution in [0.5, 0.6) is 0 Å². The maximum atomic E-state index is 11.6. The summed E-state index contributed by atoms with van der Waals surface area (Å²) in [5, 5.41) is 3.09. The fourth-order valence-corrected chi connectivity index (χ4v) is 1.62. The number of aryl methyl sites for hydroxylation is 1. The Kier molecular flexibility index (Phi) is 4.93. The number of esters is 1. The SMILES string of the molecule is COC(=O)C(Nc1cc(C)c(Br)cn1)C(C)C. The van der Waals surface area contributed by atoms with E-state index < -0.39 is 0 Å². The summed E-state index contributed by atoms with van der Waals surface area (Å²) in [6, 6.07) is 1.51. The van der Waals surface area contributed by atoms with Crippen LogP contribution in [0.3, 0.4) is 0 Å². The molecule has 0 aliphatic heterocycles. The molecule has 0 aliphatic carbocycles. The van der Waals surface area contributed by atoms with Crippen LogP contribution in [0.1, 0.15) is 19.4 Å². The number of nitrogens with one attached hydrogen (secondary N) is 1. The minimum atomic E-state index is -0.381. The second-order valence-corrected chi connectivity index (χ2v) is 5.06. The summed E-state index contributed by atoms with van der Waals surface area (Å²) < 4.78 is 5.71. The van der Waals surface area contributed by atoms with Gasteiger partial charge in [0.2, 0.25) is 0 Å². The smallest absolute Gasteiger partial charge is 0.328 e. The minimum Gasteiger partial charge on any atom is -0.467 e. The molecule has 0 amide bonds. The molecular formula is C12H17BrN2O2. The molecule has 1 aromatic heterocycles. The monoisotopic (exact) mass is 300 g/mol. The molecule has 1 unspecified atom stereocenters. The maximum absolute atomic E-state index is 11.6. The Bertz CT molecular complexity index is 407. The van der Waals surface area contributed by atoms with Crippen LogP contribution in [0, 0.1) is 12.8 Å². The number of pyridine rings is 1. The predicted molar refractivity (Wildman–Crippen MR) is 70.9 cm³/mol. The van der Waals surface area contributed by atoms with Gasteiger partial charge in [0.05, 0.1) is 7.11 Å². The third kappa shape index (κ3) is 3.70. The lowest BCUT2D eigenvalue weighted by Gasteiger charge is -2.20. The van der Waals surface area contributed by atoms with Gasteiger partial charge in [-0.05, 0) is 40.4 Å². The summed E-state index contributed by atoms with van der Waals surface area (Å²) in [7, 11) is 1.39. The van der Waals surface area contributed by atoms with Crippen molar-refractivity contribution in [2.45, 2.75) is 26.8 Å². The van der Waals surface area contributed by atoms with Crippen LogP contribution < -0.4 is 5.32 Å². The first-order valence-electron chi connectivity index (χ1n) is 5.42. The summed E-state index contributed by atoms with van der Waals surface area (Å²) in [5.41, 5.74) is 1.06. The number of halogens is 1. The Morgan fingerprint density at radius 1 is 1.53 bits per heavy atom. The molecule has 0 spiro atoms. The van der Waals surface area contributed by atoms with Crippen LogP contribution in [0.15, 0.2) is 16.7 Å². The number of nitrogens with zero attached hydrogens (tertiary/aromatic N) is 1. The summed E-state index contributed by atoms with van der Waals surface area (Å²) in [6.45, 7) is 5.89. The number of methoxy groups -OCH3 is 1. The van der Waals surface area contributed by atoms with Crippen LogP contribution in [0.25, 0.3) is 0 Å². The molecule has 0 bridgehead atoms. The van der Waals surface area contributed by atoms with Gasteiger partial charge in [0.15, 0.2) is 0 Å². The number of ether oxygens (including phenoxy) is 1. The van der Waals surface area contributed by atoms with Gasteiger partial charge in [-0.3, -0.25) is 0 Å². The molecule has 17 heavy (non-hydrogen) atoms. The van der Waals surface area contributed by atoms with E-state index in [0.717, 1.165) is 10.0 Å². The van der Waals surface area contributed by atoms with Gasteiger partial charge in [0.25, 0.3) is 0 Å². The average molecular weight is 301 g/mol. The first kappa shape index (κ1) is 14.0. The Morgan fingerprint density at radius 2 is 2.18 bits per heavy atom. The van der Waals surface area contributed by atoms with Crippen LogP contribution in [-0.4, -0.2) is 24.1 Å². The van der Waals surface area contributed by atoms with Crippen molar-refractivity contribution >= 4 is 27.7 Å². The molecule has 0 aromatic carbocycles. The number of rotatable bonds is 4. The molecule has 0 saturated heterocycles. The van der Waals surface area contributed by atoms with Gasteiger partial charge >= 0.3 is 5.97 Å². The largest absolute Gasteiger partial charge is 0.467 e. The van der Waals surface area contributed by atoms with Crippen LogP contribution in [0.4, 0.5) is 5.82 Å². The Labute approximate surface area is 110 Å². The van der Waals surface area contributed by atoms with Crippen molar-refractivity contribution in [3.63, 3.8) is 0 Å². The number of aromatic nitrogens is 1. The lowest BCUT2D eigenvalue weighted by Crippen LogP contribution is -2.35. The molecule has 4 nitrogen and oxygen atoms in total.